The van der Waals surface area contributed by atoms with Crippen molar-refractivity contribution in [3.63, 3.8) is 0 Å². The summed E-state index contributed by atoms with van der Waals surface area (Å²) < 4.78 is 0. The molecule has 2 heterocycles. The molecular weight excluding hydrogens is 346 g/mol. The fourth-order valence-electron chi connectivity index (χ4n) is 2.99. The van der Waals surface area contributed by atoms with Gasteiger partial charge in [-0.3, -0.25) is 9.79 Å². The fourth-order valence-corrected chi connectivity index (χ4v) is 3.85. The average Bonchev–Trinajstić information content (AvgIpc) is 3.31. The minimum absolute atomic E-state index is 0.0606. The summed E-state index contributed by atoms with van der Waals surface area (Å²) in [5, 5.41) is 7.48. The number of hydrogen-bond acceptors (Lipinski definition) is 4. The van der Waals surface area contributed by atoms with Gasteiger partial charge in [0.15, 0.2) is 5.96 Å². The summed E-state index contributed by atoms with van der Waals surface area (Å²) in [6, 6.07) is 8.08. The molecule has 0 atom stereocenters. The van der Waals surface area contributed by atoms with Crippen molar-refractivity contribution < 1.29 is 4.79 Å². The molecule has 1 aromatic heterocycles. The third-order valence-electron chi connectivity index (χ3n) is 4.40. The third-order valence-corrected chi connectivity index (χ3v) is 5.60. The third kappa shape index (κ3) is 4.40. The van der Waals surface area contributed by atoms with Crippen LogP contribution in [0, 0.1) is 0 Å². The number of carbonyl (C=O) groups excluding carboxylic acids is 1. The van der Waals surface area contributed by atoms with Gasteiger partial charge in [0.1, 0.15) is 0 Å². The molecule has 0 fully saturated rings. The second-order valence-corrected chi connectivity index (χ2v) is 7.30. The van der Waals surface area contributed by atoms with Gasteiger partial charge in [0.25, 0.3) is 0 Å². The molecule has 7 heteroatoms. The molecule has 3 rings (SSSR count). The summed E-state index contributed by atoms with van der Waals surface area (Å²) in [7, 11) is 1.71. The molecule has 0 saturated carbocycles. The van der Waals surface area contributed by atoms with Crippen molar-refractivity contribution in [3.05, 3.63) is 45.9 Å². The first-order valence-electron chi connectivity index (χ1n) is 8.97. The Labute approximate surface area is 158 Å². The van der Waals surface area contributed by atoms with E-state index in [9.17, 15) is 4.79 Å². The van der Waals surface area contributed by atoms with Gasteiger partial charge >= 0.3 is 0 Å². The molecule has 1 aliphatic heterocycles. The van der Waals surface area contributed by atoms with Gasteiger partial charge in [-0.05, 0) is 24.5 Å². The summed E-state index contributed by atoms with van der Waals surface area (Å²) in [4.78, 5) is 24.3. The predicted octanol–water partition coefficient (Wildman–Crippen LogP) is 2.00. The van der Waals surface area contributed by atoms with Crippen molar-refractivity contribution >= 4 is 28.9 Å². The maximum absolute atomic E-state index is 12.5. The van der Waals surface area contributed by atoms with E-state index in [1.54, 1.807) is 18.4 Å². The number of nitrogens with zero attached hydrogens (tertiary/aromatic N) is 3. The summed E-state index contributed by atoms with van der Waals surface area (Å²) in [6.07, 6.45) is 4.73. The second kappa shape index (κ2) is 8.80. The number of benzene rings is 1. The van der Waals surface area contributed by atoms with Gasteiger partial charge in [0.2, 0.25) is 5.91 Å². The molecule has 2 aromatic rings. The number of aryl methyl sites for hydroxylation is 1. The number of aromatic nitrogens is 1. The molecule has 0 bridgehead atoms. The number of guanidine groups is 1. The highest BCUT2D eigenvalue weighted by molar-refractivity contribution is 7.11. The first-order chi connectivity index (χ1) is 12.7. The van der Waals surface area contributed by atoms with Gasteiger partial charge in [0, 0.05) is 43.3 Å². The maximum atomic E-state index is 12.5. The summed E-state index contributed by atoms with van der Waals surface area (Å²) >= 11 is 1.75. The lowest BCUT2D eigenvalue weighted by Gasteiger charge is -2.18. The molecule has 1 aliphatic rings. The SMILES string of the molecule is CCc1cnc(CCNC(=NC)NCC(=O)N2CCc3ccccc32)s1. The van der Waals surface area contributed by atoms with E-state index in [-0.39, 0.29) is 12.5 Å². The lowest BCUT2D eigenvalue weighted by Crippen LogP contribution is -2.44. The van der Waals surface area contributed by atoms with E-state index in [1.165, 1.54) is 10.4 Å². The van der Waals surface area contributed by atoms with Crippen molar-refractivity contribution in [2.24, 2.45) is 4.99 Å². The smallest absolute Gasteiger partial charge is 0.246 e. The quantitative estimate of drug-likeness (QED) is 0.602. The van der Waals surface area contributed by atoms with Crippen LogP contribution in [0.5, 0.6) is 0 Å². The van der Waals surface area contributed by atoms with Crippen LogP contribution in [0.25, 0.3) is 0 Å². The highest BCUT2D eigenvalue weighted by Gasteiger charge is 2.23. The van der Waals surface area contributed by atoms with Crippen molar-refractivity contribution in [1.29, 1.82) is 0 Å². The van der Waals surface area contributed by atoms with Gasteiger partial charge < -0.3 is 15.5 Å². The van der Waals surface area contributed by atoms with E-state index in [4.69, 9.17) is 0 Å². The summed E-state index contributed by atoms with van der Waals surface area (Å²) in [5.74, 6) is 0.698. The number of aliphatic imine (C=N–C) groups is 1. The van der Waals surface area contributed by atoms with E-state index in [0.717, 1.165) is 43.0 Å². The first-order valence-corrected chi connectivity index (χ1v) is 9.79. The molecule has 0 aliphatic carbocycles. The van der Waals surface area contributed by atoms with Crippen LogP contribution in [0.1, 0.15) is 22.4 Å². The predicted molar refractivity (Wildman–Crippen MR) is 107 cm³/mol. The molecule has 1 amide bonds. The Morgan fingerprint density at radius 3 is 2.96 bits per heavy atom. The minimum atomic E-state index is 0.0606. The van der Waals surface area contributed by atoms with Gasteiger partial charge in [-0.1, -0.05) is 25.1 Å². The maximum Gasteiger partial charge on any atom is 0.246 e. The van der Waals surface area contributed by atoms with Crippen LogP contribution in [0.15, 0.2) is 35.5 Å². The number of para-hydroxylation sites is 1. The van der Waals surface area contributed by atoms with Crippen LogP contribution in [-0.4, -0.2) is 43.5 Å². The average molecular weight is 372 g/mol. The standard InChI is InChI=1S/C19H25N5OS/c1-3-15-12-22-17(26-15)8-10-21-19(20-2)23-13-18(25)24-11-9-14-6-4-5-7-16(14)24/h4-7,12H,3,8-11,13H2,1-2H3,(H2,20,21,23). The van der Waals surface area contributed by atoms with E-state index in [2.05, 4.69) is 33.6 Å². The first kappa shape index (κ1) is 18.4. The van der Waals surface area contributed by atoms with E-state index >= 15 is 0 Å². The minimum Gasteiger partial charge on any atom is -0.356 e. The number of carbonyl (C=O) groups is 1. The van der Waals surface area contributed by atoms with Crippen LogP contribution in [0.4, 0.5) is 5.69 Å². The van der Waals surface area contributed by atoms with E-state index in [1.807, 2.05) is 29.3 Å². The number of rotatable bonds is 6. The Kier molecular flexibility index (Phi) is 6.22. The summed E-state index contributed by atoms with van der Waals surface area (Å²) in [5.41, 5.74) is 2.26. The fraction of sp³-hybridized carbons (Fsp3) is 0.421. The van der Waals surface area contributed by atoms with E-state index in [0.29, 0.717) is 5.96 Å². The van der Waals surface area contributed by atoms with Gasteiger partial charge in [0.05, 0.1) is 11.6 Å². The number of anilines is 1. The van der Waals surface area contributed by atoms with Crippen molar-refractivity contribution in [2.75, 3.05) is 31.6 Å². The normalized spacial score (nSPS) is 13.6. The molecule has 1 aromatic carbocycles. The number of hydrogen-bond donors (Lipinski definition) is 2. The van der Waals surface area contributed by atoms with Gasteiger partial charge in [-0.15, -0.1) is 11.3 Å². The topological polar surface area (TPSA) is 69.6 Å². The number of fused-ring (bicyclic) bond motifs is 1. The van der Waals surface area contributed by atoms with Gasteiger partial charge in [-0.25, -0.2) is 4.98 Å². The Balaban J connectivity index is 1.45. The van der Waals surface area contributed by atoms with Gasteiger partial charge in [-0.2, -0.15) is 0 Å². The van der Waals surface area contributed by atoms with Crippen LogP contribution >= 0.6 is 11.3 Å². The number of amides is 1. The molecule has 0 radical (unpaired) electrons. The zero-order valence-corrected chi connectivity index (χ0v) is 16.1. The molecular formula is C19H25N5OS. The molecule has 2 N–H and O–H groups in total. The monoisotopic (exact) mass is 371 g/mol. The van der Waals surface area contributed by atoms with Crippen LogP contribution in [-0.2, 0) is 24.1 Å². The molecule has 0 saturated heterocycles. The van der Waals surface area contributed by atoms with Crippen molar-refractivity contribution in [1.82, 2.24) is 15.6 Å². The van der Waals surface area contributed by atoms with E-state index < -0.39 is 0 Å². The van der Waals surface area contributed by atoms with Crippen LogP contribution in [0.2, 0.25) is 0 Å². The lowest BCUT2D eigenvalue weighted by molar-refractivity contribution is -0.117. The molecule has 0 spiro atoms. The molecule has 26 heavy (non-hydrogen) atoms. The molecule has 0 unspecified atom stereocenters. The Morgan fingerprint density at radius 2 is 2.19 bits per heavy atom. The molecule has 138 valence electrons. The highest BCUT2D eigenvalue weighted by atomic mass is 32.1. The Bertz CT molecular complexity index is 786. The van der Waals surface area contributed by atoms with Crippen molar-refractivity contribution in [3.8, 4) is 0 Å². The highest BCUT2D eigenvalue weighted by Crippen LogP contribution is 2.27. The lowest BCUT2D eigenvalue weighted by atomic mass is 10.2. The van der Waals surface area contributed by atoms with Crippen molar-refractivity contribution in [2.45, 2.75) is 26.2 Å². The zero-order chi connectivity index (χ0) is 18.4. The largest absolute Gasteiger partial charge is 0.356 e. The second-order valence-electron chi connectivity index (χ2n) is 6.10. The molecule has 6 nitrogen and oxygen atoms in total. The van der Waals surface area contributed by atoms with Crippen LogP contribution < -0.4 is 15.5 Å². The Morgan fingerprint density at radius 1 is 1.35 bits per heavy atom. The summed E-state index contributed by atoms with van der Waals surface area (Å²) in [6.45, 7) is 3.84. The number of nitrogens with one attached hydrogen (secondary N) is 2. The number of thiazole rings is 1. The zero-order valence-electron chi connectivity index (χ0n) is 15.3. The van der Waals surface area contributed by atoms with Crippen LogP contribution in [0.3, 0.4) is 0 Å². The Hall–Kier alpha value is -2.41.